The van der Waals surface area contributed by atoms with Crippen LogP contribution in [-0.4, -0.2) is 23.2 Å². The van der Waals surface area contributed by atoms with Crippen LogP contribution in [0.2, 0.25) is 0 Å². The Morgan fingerprint density at radius 2 is 1.75 bits per heavy atom. The minimum Gasteiger partial charge on any atom is -0.494 e. The summed E-state index contributed by atoms with van der Waals surface area (Å²) in [5.41, 5.74) is 0.950. The predicted octanol–water partition coefficient (Wildman–Crippen LogP) is 3.46. The first-order valence-electron chi connectivity index (χ1n) is 7.77. The van der Waals surface area contributed by atoms with Gasteiger partial charge in [0.2, 0.25) is 0 Å². The van der Waals surface area contributed by atoms with Crippen LogP contribution in [-0.2, 0) is 0 Å². The quantitative estimate of drug-likeness (QED) is 0.847. The standard InChI is InChI=1S/C20H21NO3/c1-4-24-18-11-9-17(10-12-18)21-19(22)16-7-5-15(6-8-16)13-14-20(2,3)23/h5-12,23H,4H2,1-3H3,(H,21,22). The molecule has 0 unspecified atom stereocenters. The lowest BCUT2D eigenvalue weighted by Crippen LogP contribution is -2.14. The Bertz CT molecular complexity index is 745. The van der Waals surface area contributed by atoms with E-state index in [4.69, 9.17) is 4.74 Å². The monoisotopic (exact) mass is 323 g/mol. The van der Waals surface area contributed by atoms with Crippen molar-refractivity contribution in [1.82, 2.24) is 0 Å². The van der Waals surface area contributed by atoms with E-state index in [2.05, 4.69) is 17.2 Å². The number of hydrogen-bond donors (Lipinski definition) is 2. The summed E-state index contributed by atoms with van der Waals surface area (Å²) in [5.74, 6) is 6.18. The Morgan fingerprint density at radius 1 is 1.12 bits per heavy atom. The number of carbonyl (C=O) groups is 1. The number of carbonyl (C=O) groups excluding carboxylic acids is 1. The van der Waals surface area contributed by atoms with Crippen LogP contribution in [0.3, 0.4) is 0 Å². The minimum absolute atomic E-state index is 0.193. The molecule has 2 aromatic carbocycles. The van der Waals surface area contributed by atoms with Gasteiger partial charge >= 0.3 is 0 Å². The number of ether oxygens (including phenoxy) is 1. The largest absolute Gasteiger partial charge is 0.494 e. The van der Waals surface area contributed by atoms with Crippen LogP contribution in [0.5, 0.6) is 5.75 Å². The van der Waals surface area contributed by atoms with Crippen LogP contribution in [0.25, 0.3) is 0 Å². The second kappa shape index (κ2) is 7.67. The van der Waals surface area contributed by atoms with Gasteiger partial charge in [0.25, 0.3) is 5.91 Å². The van der Waals surface area contributed by atoms with Crippen LogP contribution < -0.4 is 10.1 Å². The average Bonchev–Trinajstić information content (AvgIpc) is 2.55. The number of anilines is 1. The fourth-order valence-electron chi connectivity index (χ4n) is 1.93. The van der Waals surface area contributed by atoms with Crippen molar-refractivity contribution in [1.29, 1.82) is 0 Å². The van der Waals surface area contributed by atoms with Crippen molar-refractivity contribution in [2.75, 3.05) is 11.9 Å². The summed E-state index contributed by atoms with van der Waals surface area (Å²) in [6, 6.07) is 14.1. The van der Waals surface area contributed by atoms with Crippen molar-refractivity contribution < 1.29 is 14.6 Å². The van der Waals surface area contributed by atoms with Crippen LogP contribution in [0.15, 0.2) is 48.5 Å². The van der Waals surface area contributed by atoms with E-state index < -0.39 is 5.60 Å². The molecule has 0 bridgehead atoms. The first-order valence-corrected chi connectivity index (χ1v) is 7.77. The van der Waals surface area contributed by atoms with Crippen LogP contribution in [0.1, 0.15) is 36.7 Å². The third-order valence-corrected chi connectivity index (χ3v) is 3.08. The zero-order chi connectivity index (χ0) is 17.6. The highest BCUT2D eigenvalue weighted by molar-refractivity contribution is 6.04. The normalized spacial score (nSPS) is 10.5. The van der Waals surface area contributed by atoms with Gasteiger partial charge in [0, 0.05) is 16.8 Å². The topological polar surface area (TPSA) is 58.6 Å². The second-order valence-electron chi connectivity index (χ2n) is 5.80. The molecule has 0 atom stereocenters. The molecule has 0 aromatic heterocycles. The minimum atomic E-state index is -1.04. The average molecular weight is 323 g/mol. The van der Waals surface area contributed by atoms with E-state index >= 15 is 0 Å². The Hall–Kier alpha value is -2.77. The number of amides is 1. The van der Waals surface area contributed by atoms with Gasteiger partial charge in [-0.25, -0.2) is 0 Å². The smallest absolute Gasteiger partial charge is 0.255 e. The Labute approximate surface area is 142 Å². The first kappa shape index (κ1) is 17.6. The van der Waals surface area contributed by atoms with Gasteiger partial charge in [0.05, 0.1) is 6.61 Å². The molecule has 0 saturated carbocycles. The van der Waals surface area contributed by atoms with Crippen molar-refractivity contribution in [3.8, 4) is 17.6 Å². The highest BCUT2D eigenvalue weighted by Crippen LogP contribution is 2.16. The Balaban J connectivity index is 2.03. The molecule has 4 nitrogen and oxygen atoms in total. The highest BCUT2D eigenvalue weighted by atomic mass is 16.5. The maximum atomic E-state index is 12.2. The summed E-state index contributed by atoms with van der Waals surface area (Å²) in [5, 5.41) is 12.4. The number of rotatable bonds is 4. The maximum Gasteiger partial charge on any atom is 0.255 e. The molecule has 0 saturated heterocycles. The molecule has 2 rings (SSSR count). The maximum absolute atomic E-state index is 12.2. The second-order valence-corrected chi connectivity index (χ2v) is 5.80. The summed E-state index contributed by atoms with van der Waals surface area (Å²) in [6.07, 6.45) is 0. The van der Waals surface area contributed by atoms with Crippen molar-refractivity contribution in [3.63, 3.8) is 0 Å². The Kier molecular flexibility index (Phi) is 5.62. The molecule has 0 aliphatic heterocycles. The van der Waals surface area contributed by atoms with E-state index in [9.17, 15) is 9.90 Å². The van der Waals surface area contributed by atoms with E-state index in [1.54, 1.807) is 50.2 Å². The number of benzene rings is 2. The number of aliphatic hydroxyl groups is 1. The molecule has 1 amide bonds. The van der Waals surface area contributed by atoms with E-state index in [0.29, 0.717) is 17.9 Å². The fourth-order valence-corrected chi connectivity index (χ4v) is 1.93. The molecule has 24 heavy (non-hydrogen) atoms. The van der Waals surface area contributed by atoms with Gasteiger partial charge in [-0.15, -0.1) is 0 Å². The van der Waals surface area contributed by atoms with E-state index in [1.807, 2.05) is 19.1 Å². The fraction of sp³-hybridized carbons (Fsp3) is 0.250. The highest BCUT2D eigenvalue weighted by Gasteiger charge is 2.07. The summed E-state index contributed by atoms with van der Waals surface area (Å²) in [4.78, 5) is 12.2. The van der Waals surface area contributed by atoms with Gasteiger partial charge < -0.3 is 15.2 Å². The van der Waals surface area contributed by atoms with Crippen LogP contribution in [0.4, 0.5) is 5.69 Å². The summed E-state index contributed by atoms with van der Waals surface area (Å²) < 4.78 is 5.37. The number of hydrogen-bond acceptors (Lipinski definition) is 3. The molecule has 124 valence electrons. The van der Waals surface area contributed by atoms with Gasteiger partial charge in [-0.05, 0) is 69.3 Å². The first-order chi connectivity index (χ1) is 11.4. The van der Waals surface area contributed by atoms with Gasteiger partial charge in [-0.2, -0.15) is 0 Å². The molecule has 0 spiro atoms. The van der Waals surface area contributed by atoms with Gasteiger partial charge in [-0.1, -0.05) is 11.8 Å². The molecular weight excluding hydrogens is 302 g/mol. The zero-order valence-electron chi connectivity index (χ0n) is 14.1. The van der Waals surface area contributed by atoms with E-state index in [-0.39, 0.29) is 5.91 Å². The third kappa shape index (κ3) is 5.45. The van der Waals surface area contributed by atoms with Gasteiger partial charge in [0.15, 0.2) is 0 Å². The molecule has 0 fully saturated rings. The SMILES string of the molecule is CCOc1ccc(NC(=O)c2ccc(C#CC(C)(C)O)cc2)cc1. The molecule has 0 aliphatic carbocycles. The van der Waals surface area contributed by atoms with Gasteiger partial charge in [-0.3, -0.25) is 4.79 Å². The third-order valence-electron chi connectivity index (χ3n) is 3.08. The van der Waals surface area contributed by atoms with Crippen molar-refractivity contribution in [3.05, 3.63) is 59.7 Å². The lowest BCUT2D eigenvalue weighted by molar-refractivity contribution is 0.102. The molecule has 2 aromatic rings. The lowest BCUT2D eigenvalue weighted by Gasteiger charge is -2.07. The summed E-state index contributed by atoms with van der Waals surface area (Å²) in [7, 11) is 0. The number of nitrogens with one attached hydrogen (secondary N) is 1. The predicted molar refractivity (Wildman–Crippen MR) is 95.2 cm³/mol. The van der Waals surface area contributed by atoms with Crippen molar-refractivity contribution >= 4 is 11.6 Å². The zero-order valence-corrected chi connectivity index (χ0v) is 14.1. The van der Waals surface area contributed by atoms with Crippen molar-refractivity contribution in [2.45, 2.75) is 26.4 Å². The molecule has 0 aliphatic rings. The van der Waals surface area contributed by atoms with E-state index in [0.717, 1.165) is 11.3 Å². The van der Waals surface area contributed by atoms with E-state index in [1.165, 1.54) is 0 Å². The molecule has 2 N–H and O–H groups in total. The van der Waals surface area contributed by atoms with Crippen molar-refractivity contribution in [2.24, 2.45) is 0 Å². The lowest BCUT2D eigenvalue weighted by atomic mass is 10.1. The summed E-state index contributed by atoms with van der Waals surface area (Å²) in [6.45, 7) is 5.77. The summed E-state index contributed by atoms with van der Waals surface area (Å²) >= 11 is 0. The molecule has 0 radical (unpaired) electrons. The molecule has 0 heterocycles. The van der Waals surface area contributed by atoms with Gasteiger partial charge in [0.1, 0.15) is 11.4 Å². The van der Waals surface area contributed by atoms with Crippen LogP contribution >= 0.6 is 0 Å². The molecular formula is C20H21NO3. The Morgan fingerprint density at radius 3 is 2.29 bits per heavy atom. The van der Waals surface area contributed by atoms with Crippen LogP contribution in [0, 0.1) is 11.8 Å². The molecule has 4 heteroatoms.